The summed E-state index contributed by atoms with van der Waals surface area (Å²) in [5.74, 6) is 0.121. The predicted octanol–water partition coefficient (Wildman–Crippen LogP) is 0.137. The summed E-state index contributed by atoms with van der Waals surface area (Å²) in [4.78, 5) is 28.9. The standard InChI is InChI=1S/C14H21N5O2S/c1-2-11-13(22-17-16-11)14(21)19-7-5-18(6-8-19)9-12(20)15-10-3-4-10/h10H,2-9H2,1H3,(H,15,20). The van der Waals surface area contributed by atoms with Gasteiger partial charge in [0.25, 0.3) is 5.91 Å². The molecule has 1 aromatic rings. The normalized spacial score (nSPS) is 19.2. The van der Waals surface area contributed by atoms with Crippen molar-refractivity contribution in [2.45, 2.75) is 32.2 Å². The Morgan fingerprint density at radius 1 is 1.27 bits per heavy atom. The molecule has 1 saturated carbocycles. The molecule has 2 fully saturated rings. The third kappa shape index (κ3) is 3.61. The van der Waals surface area contributed by atoms with E-state index in [1.54, 1.807) is 0 Å². The van der Waals surface area contributed by atoms with Crippen LogP contribution in [0.4, 0.5) is 0 Å². The highest BCUT2D eigenvalue weighted by atomic mass is 32.1. The maximum Gasteiger partial charge on any atom is 0.267 e. The van der Waals surface area contributed by atoms with Gasteiger partial charge in [0.2, 0.25) is 5.91 Å². The molecular weight excluding hydrogens is 302 g/mol. The number of piperazine rings is 1. The van der Waals surface area contributed by atoms with Gasteiger partial charge in [-0.15, -0.1) is 5.10 Å². The maximum atomic E-state index is 12.5. The van der Waals surface area contributed by atoms with Crippen molar-refractivity contribution in [1.82, 2.24) is 24.7 Å². The number of amides is 2. The summed E-state index contributed by atoms with van der Waals surface area (Å²) in [5.41, 5.74) is 0.779. The monoisotopic (exact) mass is 323 g/mol. The highest BCUT2D eigenvalue weighted by Gasteiger charge is 2.28. The third-order valence-electron chi connectivity index (χ3n) is 4.05. The van der Waals surface area contributed by atoms with Gasteiger partial charge < -0.3 is 10.2 Å². The van der Waals surface area contributed by atoms with Crippen molar-refractivity contribution < 1.29 is 9.59 Å². The predicted molar refractivity (Wildman–Crippen MR) is 82.8 cm³/mol. The highest BCUT2D eigenvalue weighted by molar-refractivity contribution is 7.08. The fourth-order valence-electron chi connectivity index (χ4n) is 2.56. The molecule has 1 aromatic heterocycles. The molecule has 1 aliphatic heterocycles. The van der Waals surface area contributed by atoms with Crippen molar-refractivity contribution in [3.8, 4) is 0 Å². The van der Waals surface area contributed by atoms with Crippen LogP contribution in [0.25, 0.3) is 0 Å². The molecule has 0 spiro atoms. The molecule has 2 aliphatic rings. The van der Waals surface area contributed by atoms with E-state index < -0.39 is 0 Å². The molecule has 0 unspecified atom stereocenters. The van der Waals surface area contributed by atoms with Gasteiger partial charge in [0.1, 0.15) is 4.88 Å². The van der Waals surface area contributed by atoms with Crippen LogP contribution in [0.2, 0.25) is 0 Å². The van der Waals surface area contributed by atoms with Crippen molar-refractivity contribution in [1.29, 1.82) is 0 Å². The van der Waals surface area contributed by atoms with Crippen LogP contribution in [0.3, 0.4) is 0 Å². The van der Waals surface area contributed by atoms with Crippen molar-refractivity contribution in [3.05, 3.63) is 10.6 Å². The topological polar surface area (TPSA) is 78.4 Å². The Hall–Kier alpha value is -1.54. The maximum absolute atomic E-state index is 12.5. The fraction of sp³-hybridized carbons (Fsp3) is 0.714. The Morgan fingerprint density at radius 3 is 2.64 bits per heavy atom. The summed E-state index contributed by atoms with van der Waals surface area (Å²) < 4.78 is 3.88. The van der Waals surface area contributed by atoms with Gasteiger partial charge in [0, 0.05) is 32.2 Å². The second kappa shape index (κ2) is 6.70. The van der Waals surface area contributed by atoms with E-state index >= 15 is 0 Å². The lowest BCUT2D eigenvalue weighted by Gasteiger charge is -2.34. The second-order valence-corrected chi connectivity index (χ2v) is 6.57. The van der Waals surface area contributed by atoms with Gasteiger partial charge in [0.15, 0.2) is 0 Å². The Balaban J connectivity index is 1.48. The first-order valence-electron chi connectivity index (χ1n) is 7.79. The van der Waals surface area contributed by atoms with Crippen LogP contribution in [0, 0.1) is 0 Å². The van der Waals surface area contributed by atoms with Crippen molar-refractivity contribution >= 4 is 23.3 Å². The first-order chi connectivity index (χ1) is 10.7. The van der Waals surface area contributed by atoms with E-state index in [0.29, 0.717) is 30.6 Å². The van der Waals surface area contributed by atoms with Gasteiger partial charge in [-0.2, -0.15) is 0 Å². The Kier molecular flexibility index (Phi) is 4.68. The molecule has 1 saturated heterocycles. The average Bonchev–Trinajstić information content (AvgIpc) is 3.19. The molecule has 1 N–H and O–H groups in total. The number of carbonyl (C=O) groups excluding carboxylic acids is 2. The van der Waals surface area contributed by atoms with Gasteiger partial charge in [-0.05, 0) is 30.8 Å². The molecular formula is C14H21N5O2S. The minimum Gasteiger partial charge on any atom is -0.352 e. The van der Waals surface area contributed by atoms with E-state index in [1.807, 2.05) is 11.8 Å². The first-order valence-corrected chi connectivity index (χ1v) is 8.57. The molecule has 1 aliphatic carbocycles. The van der Waals surface area contributed by atoms with E-state index in [1.165, 1.54) is 11.5 Å². The SMILES string of the molecule is CCc1nnsc1C(=O)N1CCN(CC(=O)NC2CC2)CC1. The molecule has 0 radical (unpaired) electrons. The zero-order chi connectivity index (χ0) is 15.5. The molecule has 120 valence electrons. The fourth-order valence-corrected chi connectivity index (χ4v) is 3.28. The first kappa shape index (κ1) is 15.4. The summed E-state index contributed by atoms with van der Waals surface area (Å²) in [7, 11) is 0. The summed E-state index contributed by atoms with van der Waals surface area (Å²) in [6.07, 6.45) is 2.94. The largest absolute Gasteiger partial charge is 0.352 e. The van der Waals surface area contributed by atoms with Crippen LogP contribution in [0.5, 0.6) is 0 Å². The Labute approximate surface area is 133 Å². The number of nitrogens with zero attached hydrogens (tertiary/aromatic N) is 4. The molecule has 2 heterocycles. The average molecular weight is 323 g/mol. The zero-order valence-electron chi connectivity index (χ0n) is 12.7. The summed E-state index contributed by atoms with van der Waals surface area (Å²) >= 11 is 1.17. The van der Waals surface area contributed by atoms with Crippen LogP contribution < -0.4 is 5.32 Å². The number of hydrogen-bond acceptors (Lipinski definition) is 6. The molecule has 22 heavy (non-hydrogen) atoms. The number of aryl methyl sites for hydroxylation is 1. The Bertz CT molecular complexity index is 549. The summed E-state index contributed by atoms with van der Waals surface area (Å²) in [6.45, 7) is 5.17. The molecule has 0 aromatic carbocycles. The zero-order valence-corrected chi connectivity index (χ0v) is 13.6. The van der Waals surface area contributed by atoms with Crippen molar-refractivity contribution in [2.75, 3.05) is 32.7 Å². The van der Waals surface area contributed by atoms with E-state index in [-0.39, 0.29) is 11.8 Å². The van der Waals surface area contributed by atoms with Crippen molar-refractivity contribution in [2.24, 2.45) is 0 Å². The number of rotatable bonds is 5. The van der Waals surface area contributed by atoms with E-state index in [2.05, 4.69) is 19.8 Å². The lowest BCUT2D eigenvalue weighted by Crippen LogP contribution is -2.51. The number of aromatic nitrogens is 2. The van der Waals surface area contributed by atoms with Gasteiger partial charge in [-0.25, -0.2) is 0 Å². The van der Waals surface area contributed by atoms with Gasteiger partial charge in [-0.1, -0.05) is 11.4 Å². The van der Waals surface area contributed by atoms with Gasteiger partial charge >= 0.3 is 0 Å². The molecule has 8 heteroatoms. The second-order valence-electron chi connectivity index (χ2n) is 5.81. The lowest BCUT2D eigenvalue weighted by atomic mass is 10.2. The molecule has 3 rings (SSSR count). The minimum absolute atomic E-state index is 0.0222. The minimum atomic E-state index is 0.0222. The van der Waals surface area contributed by atoms with E-state index in [9.17, 15) is 9.59 Å². The van der Waals surface area contributed by atoms with Crippen LogP contribution >= 0.6 is 11.5 Å². The van der Waals surface area contributed by atoms with Crippen LogP contribution in [0.1, 0.15) is 35.1 Å². The van der Waals surface area contributed by atoms with Crippen molar-refractivity contribution in [3.63, 3.8) is 0 Å². The summed E-state index contributed by atoms with van der Waals surface area (Å²) in [6, 6.07) is 0.404. The third-order valence-corrected chi connectivity index (χ3v) is 4.81. The molecule has 0 bridgehead atoms. The van der Waals surface area contributed by atoms with E-state index in [0.717, 1.165) is 38.0 Å². The Morgan fingerprint density at radius 2 is 2.00 bits per heavy atom. The summed E-state index contributed by atoms with van der Waals surface area (Å²) in [5, 5.41) is 6.99. The molecule has 0 atom stereocenters. The quantitative estimate of drug-likeness (QED) is 0.834. The number of carbonyl (C=O) groups is 2. The van der Waals surface area contributed by atoms with Gasteiger partial charge in [-0.3, -0.25) is 14.5 Å². The van der Waals surface area contributed by atoms with Crippen LogP contribution in [-0.4, -0.2) is 70.0 Å². The van der Waals surface area contributed by atoms with E-state index in [4.69, 9.17) is 0 Å². The highest BCUT2D eigenvalue weighted by Crippen LogP contribution is 2.18. The van der Waals surface area contributed by atoms with Crippen LogP contribution in [-0.2, 0) is 11.2 Å². The van der Waals surface area contributed by atoms with Crippen LogP contribution in [0.15, 0.2) is 0 Å². The molecule has 7 nitrogen and oxygen atoms in total. The number of hydrogen-bond donors (Lipinski definition) is 1. The molecule has 2 amide bonds. The number of nitrogens with one attached hydrogen (secondary N) is 1. The smallest absolute Gasteiger partial charge is 0.267 e. The van der Waals surface area contributed by atoms with Gasteiger partial charge in [0.05, 0.1) is 12.2 Å². The lowest BCUT2D eigenvalue weighted by molar-refractivity contribution is -0.122.